The van der Waals surface area contributed by atoms with E-state index in [4.69, 9.17) is 53.8 Å². The van der Waals surface area contributed by atoms with E-state index in [0.717, 1.165) is 36.8 Å². The zero-order valence-electron chi connectivity index (χ0n) is 34.8. The molecule has 0 amide bonds. The fraction of sp³-hybridized carbons (Fsp3) is 0.320. The summed E-state index contributed by atoms with van der Waals surface area (Å²) in [7, 11) is 0. The van der Waals surface area contributed by atoms with Crippen molar-refractivity contribution in [2.75, 3.05) is 13.2 Å². The van der Waals surface area contributed by atoms with Gasteiger partial charge in [0.15, 0.2) is 5.75 Å². The quantitative estimate of drug-likeness (QED) is 0.0265. The number of rotatable bonds is 24. The van der Waals surface area contributed by atoms with Gasteiger partial charge in [-0.1, -0.05) is 137 Å². The van der Waals surface area contributed by atoms with E-state index in [1.165, 1.54) is 69.6 Å². The van der Waals surface area contributed by atoms with Gasteiger partial charge in [0.05, 0.1) is 50.8 Å². The molecule has 11 heteroatoms. The Morgan fingerprint density at radius 3 is 1.38 bits per heavy atom. The van der Waals surface area contributed by atoms with E-state index in [2.05, 4.69) is 23.8 Å². The Kier molecular flexibility index (Phi) is 19.7. The Hall–Kier alpha value is -5.15. The van der Waals surface area contributed by atoms with Gasteiger partial charge in [0.2, 0.25) is 0 Å². The molecule has 0 atom stereocenters. The molecule has 5 rings (SSSR count). The van der Waals surface area contributed by atoms with Crippen LogP contribution in [0.25, 0.3) is 0 Å². The molecule has 0 radical (unpaired) electrons. The van der Waals surface area contributed by atoms with E-state index in [1.54, 1.807) is 73.1 Å². The zero-order valence-corrected chi connectivity index (χ0v) is 37.1. The molecule has 0 aromatic heterocycles. The largest absolute Gasteiger partial charge is 0.492 e. The lowest BCUT2D eigenvalue weighted by Crippen LogP contribution is -2.10. The van der Waals surface area contributed by atoms with E-state index in [0.29, 0.717) is 57.3 Å². The second-order valence-electron chi connectivity index (χ2n) is 14.6. The molecule has 61 heavy (non-hydrogen) atoms. The van der Waals surface area contributed by atoms with Crippen LogP contribution < -0.4 is 18.9 Å². The Bertz CT molecular complexity index is 2220. The number of benzene rings is 5. The number of hydrogen-bond acceptors (Lipinski definition) is 8. The molecule has 0 heterocycles. The Labute approximate surface area is 374 Å². The second-order valence-corrected chi connectivity index (χ2v) is 15.8. The summed E-state index contributed by atoms with van der Waals surface area (Å²) < 4.78 is 22.9. The average Bonchev–Trinajstić information content (AvgIpc) is 3.27. The van der Waals surface area contributed by atoms with Crippen molar-refractivity contribution >= 4 is 70.5 Å². The minimum Gasteiger partial charge on any atom is -0.492 e. The SMILES string of the molecule is CCCCCCCCOc1ccc(N=Cc2ccc(C(=O)Oc3ccc(Cl)c(OC(=O)c4ccc(C=Nc5ccc(OCCCCCCCC)c(Cl)c5)cc4)c3)cc2)cc1Cl. The van der Waals surface area contributed by atoms with Crippen molar-refractivity contribution < 1.29 is 28.5 Å². The molecule has 0 bridgehead atoms. The molecule has 0 unspecified atom stereocenters. The topological polar surface area (TPSA) is 95.8 Å². The molecular formula is C50H53Cl3N2O6. The van der Waals surface area contributed by atoms with Crippen molar-refractivity contribution in [1.29, 1.82) is 0 Å². The standard InChI is InChI=1S/C50H53Cl3N2O6/c1-3-5-7-9-11-13-29-58-46-27-23-40(31-44(46)52)54-34-36-15-19-38(20-16-36)49(56)60-42-25-26-43(51)48(33-42)61-50(57)39-21-17-37(18-22-39)35-55-41-24-28-47(45(53)32-41)59-30-14-12-10-8-6-4-2/h15-28,31-35H,3-14,29-30H2,1-2H3. The van der Waals surface area contributed by atoms with Crippen LogP contribution in [0.5, 0.6) is 23.0 Å². The van der Waals surface area contributed by atoms with Gasteiger partial charge in [-0.15, -0.1) is 0 Å². The minimum atomic E-state index is -0.635. The third-order valence-electron chi connectivity index (χ3n) is 9.68. The number of halogens is 3. The highest BCUT2D eigenvalue weighted by atomic mass is 35.5. The number of unbranched alkanes of at least 4 members (excludes halogenated alkanes) is 10. The van der Waals surface area contributed by atoms with Crippen molar-refractivity contribution in [2.24, 2.45) is 9.98 Å². The van der Waals surface area contributed by atoms with Crippen LogP contribution in [-0.4, -0.2) is 37.6 Å². The lowest BCUT2D eigenvalue weighted by Gasteiger charge is -2.10. The monoisotopic (exact) mass is 882 g/mol. The Morgan fingerprint density at radius 1 is 0.475 bits per heavy atom. The summed E-state index contributed by atoms with van der Waals surface area (Å²) in [5, 5.41) is 1.18. The van der Waals surface area contributed by atoms with Crippen LogP contribution in [0, 0.1) is 0 Å². The fourth-order valence-corrected chi connectivity index (χ4v) is 6.78. The van der Waals surface area contributed by atoms with E-state index < -0.39 is 11.9 Å². The molecular weight excluding hydrogens is 831 g/mol. The number of esters is 2. The maximum Gasteiger partial charge on any atom is 0.343 e. The van der Waals surface area contributed by atoms with Crippen molar-refractivity contribution in [3.05, 3.63) is 140 Å². The normalized spacial score (nSPS) is 11.3. The van der Waals surface area contributed by atoms with Crippen LogP contribution in [0.4, 0.5) is 11.4 Å². The van der Waals surface area contributed by atoms with Crippen LogP contribution in [0.1, 0.15) is 123 Å². The number of nitrogens with zero attached hydrogens (tertiary/aromatic N) is 2. The number of ether oxygens (including phenoxy) is 4. The molecule has 0 aliphatic heterocycles. The van der Waals surface area contributed by atoms with Gasteiger partial charge < -0.3 is 18.9 Å². The second kappa shape index (κ2) is 25.6. The van der Waals surface area contributed by atoms with Crippen LogP contribution in [0.15, 0.2) is 113 Å². The first kappa shape index (κ1) is 46.9. The van der Waals surface area contributed by atoms with Gasteiger partial charge in [-0.3, -0.25) is 9.98 Å². The van der Waals surface area contributed by atoms with E-state index >= 15 is 0 Å². The zero-order chi connectivity index (χ0) is 43.2. The van der Waals surface area contributed by atoms with Crippen LogP contribution in [-0.2, 0) is 0 Å². The summed E-state index contributed by atoms with van der Waals surface area (Å²) in [5.41, 5.74) is 3.50. The van der Waals surface area contributed by atoms with Gasteiger partial charge in [0.25, 0.3) is 0 Å². The summed E-state index contributed by atoms with van der Waals surface area (Å²) in [6.07, 6.45) is 17.7. The van der Waals surface area contributed by atoms with Gasteiger partial charge >= 0.3 is 11.9 Å². The molecule has 320 valence electrons. The summed E-state index contributed by atoms with van der Waals surface area (Å²) in [6, 6.07) is 28.8. The van der Waals surface area contributed by atoms with Crippen LogP contribution in [0.3, 0.4) is 0 Å². The summed E-state index contributed by atoms with van der Waals surface area (Å²) in [5.74, 6) is 0.251. The lowest BCUT2D eigenvalue weighted by molar-refractivity contribution is 0.0733. The van der Waals surface area contributed by atoms with Gasteiger partial charge in [0, 0.05) is 18.5 Å². The highest BCUT2D eigenvalue weighted by molar-refractivity contribution is 6.33. The van der Waals surface area contributed by atoms with Gasteiger partial charge in [-0.25, -0.2) is 9.59 Å². The van der Waals surface area contributed by atoms with Gasteiger partial charge in [0.1, 0.15) is 17.2 Å². The molecule has 5 aromatic carbocycles. The fourth-order valence-electron chi connectivity index (χ4n) is 6.16. The summed E-state index contributed by atoms with van der Waals surface area (Å²) in [4.78, 5) is 35.1. The molecule has 0 saturated carbocycles. The third kappa shape index (κ3) is 16.0. The third-order valence-corrected chi connectivity index (χ3v) is 10.6. The Balaban J connectivity index is 1.08. The predicted molar refractivity (Wildman–Crippen MR) is 249 cm³/mol. The molecule has 8 nitrogen and oxygen atoms in total. The van der Waals surface area contributed by atoms with Crippen molar-refractivity contribution in [1.82, 2.24) is 0 Å². The first-order chi connectivity index (χ1) is 29.7. The summed E-state index contributed by atoms with van der Waals surface area (Å²) in [6.45, 7) is 5.69. The smallest absolute Gasteiger partial charge is 0.343 e. The van der Waals surface area contributed by atoms with Crippen molar-refractivity contribution in [3.8, 4) is 23.0 Å². The first-order valence-electron chi connectivity index (χ1n) is 21.1. The highest BCUT2D eigenvalue weighted by Gasteiger charge is 2.15. The maximum absolute atomic E-state index is 13.1. The molecule has 0 N–H and O–H groups in total. The number of hydrogen-bond donors (Lipinski definition) is 0. The highest BCUT2D eigenvalue weighted by Crippen LogP contribution is 2.32. The molecule has 0 aliphatic rings. The van der Waals surface area contributed by atoms with Gasteiger partial charge in [-0.2, -0.15) is 0 Å². The molecule has 0 aliphatic carbocycles. The average molecular weight is 884 g/mol. The lowest BCUT2D eigenvalue weighted by atomic mass is 10.1. The summed E-state index contributed by atoms with van der Waals surface area (Å²) >= 11 is 19.3. The van der Waals surface area contributed by atoms with Gasteiger partial charge in [-0.05, 0) is 96.8 Å². The molecule has 0 saturated heterocycles. The predicted octanol–water partition coefficient (Wildman–Crippen LogP) is 15.1. The maximum atomic E-state index is 13.1. The van der Waals surface area contributed by atoms with Crippen molar-refractivity contribution in [3.63, 3.8) is 0 Å². The number of aliphatic imine (C=N–C) groups is 2. The number of carbonyl (C=O) groups excluding carboxylic acids is 2. The first-order valence-corrected chi connectivity index (χ1v) is 22.2. The minimum absolute atomic E-state index is 0.0444. The van der Waals surface area contributed by atoms with Crippen LogP contribution in [0.2, 0.25) is 15.1 Å². The van der Waals surface area contributed by atoms with Crippen molar-refractivity contribution in [2.45, 2.75) is 90.9 Å². The molecule has 0 fully saturated rings. The molecule has 5 aromatic rings. The van der Waals surface area contributed by atoms with E-state index in [-0.39, 0.29) is 16.5 Å². The van der Waals surface area contributed by atoms with Crippen LogP contribution >= 0.6 is 34.8 Å². The van der Waals surface area contributed by atoms with E-state index in [9.17, 15) is 9.59 Å². The molecule has 0 spiro atoms. The van der Waals surface area contributed by atoms with E-state index in [1.807, 2.05) is 24.3 Å². The number of carbonyl (C=O) groups is 2. The Morgan fingerprint density at radius 2 is 0.918 bits per heavy atom.